The number of benzene rings is 1. The molecule has 126 valence electrons. The summed E-state index contributed by atoms with van der Waals surface area (Å²) in [5.41, 5.74) is 5.08. The predicted octanol–water partition coefficient (Wildman–Crippen LogP) is 0.772. The lowest BCUT2D eigenvalue weighted by Gasteiger charge is -2.23. The van der Waals surface area contributed by atoms with Crippen molar-refractivity contribution in [2.45, 2.75) is 18.9 Å². The molecule has 1 aliphatic heterocycles. The van der Waals surface area contributed by atoms with Crippen molar-refractivity contribution in [1.29, 1.82) is 0 Å². The minimum Gasteiger partial charge on any atom is -0.452 e. The maximum Gasteiger partial charge on any atom is 0.340 e. The highest BCUT2D eigenvalue weighted by Crippen LogP contribution is 2.23. The van der Waals surface area contributed by atoms with E-state index in [1.165, 1.54) is 18.2 Å². The lowest BCUT2D eigenvalue weighted by atomic mass is 10.0. The Morgan fingerprint density at radius 3 is 2.74 bits per heavy atom. The number of hydrogen-bond donors (Lipinski definition) is 2. The second-order valence-electron chi connectivity index (χ2n) is 5.76. The zero-order valence-electron chi connectivity index (χ0n) is 12.5. The first kappa shape index (κ1) is 17.6. The number of nitrogens with one attached hydrogen (secondary N) is 1. The Morgan fingerprint density at radius 1 is 1.43 bits per heavy atom. The Labute approximate surface area is 139 Å². The number of hydrogen-bond acceptors (Lipinski definition) is 6. The minimum atomic E-state index is -3.14. The summed E-state index contributed by atoms with van der Waals surface area (Å²) in [6.07, 6.45) is 0.330. The number of ether oxygens (including phenoxy) is 1. The number of carbonyl (C=O) groups excluding carboxylic acids is 2. The van der Waals surface area contributed by atoms with Gasteiger partial charge in [0.15, 0.2) is 16.4 Å². The number of halogens is 1. The van der Waals surface area contributed by atoms with Crippen LogP contribution in [0.2, 0.25) is 5.02 Å². The van der Waals surface area contributed by atoms with Crippen molar-refractivity contribution in [2.24, 2.45) is 0 Å². The van der Waals surface area contributed by atoms with Crippen LogP contribution in [-0.2, 0) is 19.4 Å². The first-order chi connectivity index (χ1) is 10.6. The van der Waals surface area contributed by atoms with Crippen molar-refractivity contribution in [2.75, 3.05) is 23.8 Å². The number of carbonyl (C=O) groups is 2. The van der Waals surface area contributed by atoms with E-state index in [1.54, 1.807) is 6.92 Å². The van der Waals surface area contributed by atoms with Crippen molar-refractivity contribution in [3.63, 3.8) is 0 Å². The topological polar surface area (TPSA) is 116 Å². The number of amides is 1. The number of rotatable bonds is 4. The molecule has 1 aromatic carbocycles. The third-order valence-corrected chi connectivity index (χ3v) is 5.65. The third kappa shape index (κ3) is 4.59. The monoisotopic (exact) mass is 360 g/mol. The average molecular weight is 361 g/mol. The van der Waals surface area contributed by atoms with Gasteiger partial charge >= 0.3 is 5.97 Å². The Hall–Kier alpha value is -1.80. The molecule has 1 heterocycles. The van der Waals surface area contributed by atoms with Crippen molar-refractivity contribution in [3.8, 4) is 0 Å². The second kappa shape index (κ2) is 6.37. The highest BCUT2D eigenvalue weighted by molar-refractivity contribution is 7.91. The Bertz CT molecular complexity index is 750. The van der Waals surface area contributed by atoms with Crippen molar-refractivity contribution >= 4 is 39.0 Å². The summed E-state index contributed by atoms with van der Waals surface area (Å²) < 4.78 is 27.9. The van der Waals surface area contributed by atoms with E-state index < -0.39 is 33.9 Å². The van der Waals surface area contributed by atoms with Gasteiger partial charge < -0.3 is 15.8 Å². The fourth-order valence-corrected chi connectivity index (χ4v) is 4.66. The molecule has 0 bridgehead atoms. The van der Waals surface area contributed by atoms with E-state index >= 15 is 0 Å². The second-order valence-corrected chi connectivity index (χ2v) is 8.38. The number of esters is 1. The summed E-state index contributed by atoms with van der Waals surface area (Å²) in [7, 11) is -3.14. The molecular weight excluding hydrogens is 344 g/mol. The van der Waals surface area contributed by atoms with Crippen LogP contribution >= 0.6 is 11.6 Å². The van der Waals surface area contributed by atoms with Crippen LogP contribution in [-0.4, -0.2) is 43.9 Å². The van der Waals surface area contributed by atoms with Crippen LogP contribution in [0, 0.1) is 0 Å². The van der Waals surface area contributed by atoms with Crippen LogP contribution in [0.5, 0.6) is 0 Å². The molecule has 0 spiro atoms. The molecule has 9 heteroatoms. The van der Waals surface area contributed by atoms with Crippen molar-refractivity contribution < 1.29 is 22.7 Å². The molecule has 1 fully saturated rings. The van der Waals surface area contributed by atoms with Gasteiger partial charge in [-0.3, -0.25) is 4.79 Å². The summed E-state index contributed by atoms with van der Waals surface area (Å²) in [6.45, 7) is 1.12. The predicted molar refractivity (Wildman–Crippen MR) is 86.0 cm³/mol. The molecule has 1 atom stereocenters. The van der Waals surface area contributed by atoms with Gasteiger partial charge in [-0.1, -0.05) is 11.6 Å². The van der Waals surface area contributed by atoms with Crippen LogP contribution in [0.25, 0.3) is 0 Å². The van der Waals surface area contributed by atoms with Crippen LogP contribution < -0.4 is 11.1 Å². The molecule has 1 aromatic rings. The van der Waals surface area contributed by atoms with Crippen molar-refractivity contribution in [3.05, 3.63) is 28.8 Å². The first-order valence-corrected chi connectivity index (χ1v) is 9.04. The first-order valence-electron chi connectivity index (χ1n) is 6.84. The Balaban J connectivity index is 1.92. The van der Waals surface area contributed by atoms with E-state index in [1.807, 2.05) is 0 Å². The van der Waals surface area contributed by atoms with Crippen molar-refractivity contribution in [1.82, 2.24) is 5.32 Å². The standard InChI is InChI=1S/C14H17ClN2O5S/c1-14(4-5-23(20,21)8-14)17-12(18)7-22-13(19)10-6-9(15)2-3-11(10)16/h2-3,6H,4-5,7-8,16H2,1H3,(H,17,18)/t14-/m1/s1. The zero-order valence-corrected chi connectivity index (χ0v) is 14.0. The normalized spacial score (nSPS) is 22.5. The van der Waals surface area contributed by atoms with E-state index in [-0.39, 0.29) is 22.8 Å². The smallest absolute Gasteiger partial charge is 0.340 e. The molecule has 7 nitrogen and oxygen atoms in total. The van der Waals surface area contributed by atoms with Gasteiger partial charge in [-0.05, 0) is 31.5 Å². The molecule has 3 N–H and O–H groups in total. The summed E-state index contributed by atoms with van der Waals surface area (Å²) in [5, 5.41) is 2.91. The molecular formula is C14H17ClN2O5S. The molecule has 0 aromatic heterocycles. The number of sulfone groups is 1. The molecule has 1 saturated heterocycles. The summed E-state index contributed by atoms with van der Waals surface area (Å²) in [5.74, 6) is -1.44. The number of anilines is 1. The van der Waals surface area contributed by atoms with E-state index in [0.717, 1.165) is 0 Å². The van der Waals surface area contributed by atoms with Gasteiger partial charge in [0.1, 0.15) is 0 Å². The van der Waals surface area contributed by atoms with E-state index in [0.29, 0.717) is 11.4 Å². The minimum absolute atomic E-state index is 0.0304. The third-order valence-electron chi connectivity index (χ3n) is 3.51. The molecule has 2 rings (SSSR count). The van der Waals surface area contributed by atoms with Gasteiger partial charge in [0.25, 0.3) is 5.91 Å². The summed E-state index contributed by atoms with van der Waals surface area (Å²) in [6, 6.07) is 4.34. The molecule has 0 saturated carbocycles. The van der Waals surface area contributed by atoms with E-state index in [2.05, 4.69) is 5.32 Å². The molecule has 23 heavy (non-hydrogen) atoms. The van der Waals surface area contributed by atoms with Gasteiger partial charge in [0, 0.05) is 10.7 Å². The molecule has 0 unspecified atom stereocenters. The van der Waals surface area contributed by atoms with Crippen LogP contribution in [0.15, 0.2) is 18.2 Å². The van der Waals surface area contributed by atoms with E-state index in [4.69, 9.17) is 22.1 Å². The largest absolute Gasteiger partial charge is 0.452 e. The molecule has 1 amide bonds. The zero-order chi connectivity index (χ0) is 17.3. The maximum atomic E-state index is 11.9. The van der Waals surface area contributed by atoms with Gasteiger partial charge in [0.2, 0.25) is 0 Å². The fraction of sp³-hybridized carbons (Fsp3) is 0.429. The van der Waals surface area contributed by atoms with E-state index in [9.17, 15) is 18.0 Å². The lowest BCUT2D eigenvalue weighted by molar-refractivity contribution is -0.125. The summed E-state index contributed by atoms with van der Waals surface area (Å²) >= 11 is 5.78. The van der Waals surface area contributed by atoms with Gasteiger partial charge in [-0.15, -0.1) is 0 Å². The molecule has 0 radical (unpaired) electrons. The van der Waals surface area contributed by atoms with Gasteiger partial charge in [0.05, 0.1) is 22.6 Å². The van der Waals surface area contributed by atoms with Gasteiger partial charge in [-0.2, -0.15) is 0 Å². The fourth-order valence-electron chi connectivity index (χ4n) is 2.40. The lowest BCUT2D eigenvalue weighted by Crippen LogP contribution is -2.48. The van der Waals surface area contributed by atoms with Crippen LogP contribution in [0.3, 0.4) is 0 Å². The Kier molecular flexibility index (Phi) is 4.86. The van der Waals surface area contributed by atoms with Crippen LogP contribution in [0.4, 0.5) is 5.69 Å². The molecule has 0 aliphatic carbocycles. The SMILES string of the molecule is C[C@@]1(NC(=O)COC(=O)c2cc(Cl)ccc2N)CCS(=O)(=O)C1. The number of nitrogens with two attached hydrogens (primary N) is 1. The quantitative estimate of drug-likeness (QED) is 0.605. The molecule has 1 aliphatic rings. The maximum absolute atomic E-state index is 11.9. The average Bonchev–Trinajstić information content (AvgIpc) is 2.72. The highest BCUT2D eigenvalue weighted by atomic mass is 35.5. The van der Waals surface area contributed by atoms with Crippen LogP contribution in [0.1, 0.15) is 23.7 Å². The highest BCUT2D eigenvalue weighted by Gasteiger charge is 2.39. The summed E-state index contributed by atoms with van der Waals surface area (Å²) in [4.78, 5) is 23.8. The van der Waals surface area contributed by atoms with Gasteiger partial charge in [-0.25, -0.2) is 13.2 Å². The number of nitrogen functional groups attached to an aromatic ring is 1. The Morgan fingerprint density at radius 2 is 2.13 bits per heavy atom.